The van der Waals surface area contributed by atoms with Gasteiger partial charge < -0.3 is 16.2 Å². The van der Waals surface area contributed by atoms with Gasteiger partial charge in [-0.05, 0) is 62.7 Å². The monoisotopic (exact) mass is 285 g/mol. The van der Waals surface area contributed by atoms with E-state index in [4.69, 9.17) is 16.2 Å². The van der Waals surface area contributed by atoms with Crippen LogP contribution in [0.3, 0.4) is 0 Å². The number of nitrogens with zero attached hydrogens (tertiary/aromatic N) is 1. The molecule has 0 amide bonds. The van der Waals surface area contributed by atoms with E-state index in [9.17, 15) is 4.39 Å². The first-order chi connectivity index (χ1) is 9.69. The van der Waals surface area contributed by atoms with E-state index >= 15 is 0 Å². The standard InChI is InChI=1S/C15H28FN3O/c16-6-1-7-20-14-5-4-12-8-11(10-19-15(17)18)2-3-13(12)9-14/h11-14H,1-10H2,(H4,17,18,19). The van der Waals surface area contributed by atoms with E-state index in [0.29, 0.717) is 25.0 Å². The summed E-state index contributed by atoms with van der Waals surface area (Å²) in [6, 6.07) is 0. The van der Waals surface area contributed by atoms with E-state index in [1.54, 1.807) is 0 Å². The Labute approximate surface area is 121 Å². The summed E-state index contributed by atoms with van der Waals surface area (Å²) in [6.07, 6.45) is 8.15. The summed E-state index contributed by atoms with van der Waals surface area (Å²) in [4.78, 5) is 4.16. The molecule has 0 saturated heterocycles. The molecule has 2 rings (SSSR count). The second-order valence-electron chi connectivity index (χ2n) is 6.31. The minimum Gasteiger partial charge on any atom is -0.378 e. The zero-order chi connectivity index (χ0) is 14.4. The number of halogens is 1. The number of nitrogens with two attached hydrogens (primary N) is 2. The predicted molar refractivity (Wildman–Crippen MR) is 79.2 cm³/mol. The SMILES string of the molecule is NC(N)=NCC1CCC2CC(OCCCF)CCC2C1. The second kappa shape index (κ2) is 7.81. The van der Waals surface area contributed by atoms with Gasteiger partial charge in [0.15, 0.2) is 5.96 Å². The maximum absolute atomic E-state index is 12.1. The lowest BCUT2D eigenvalue weighted by Gasteiger charge is -2.41. The largest absolute Gasteiger partial charge is 0.378 e. The van der Waals surface area contributed by atoms with Crippen LogP contribution in [0.5, 0.6) is 0 Å². The number of alkyl halides is 1. The lowest BCUT2D eigenvalue weighted by atomic mass is 9.67. The van der Waals surface area contributed by atoms with Crippen molar-refractivity contribution >= 4 is 5.96 Å². The van der Waals surface area contributed by atoms with E-state index in [1.165, 1.54) is 25.7 Å². The topological polar surface area (TPSA) is 73.6 Å². The Kier molecular flexibility index (Phi) is 6.07. The molecule has 20 heavy (non-hydrogen) atoms. The van der Waals surface area contributed by atoms with Gasteiger partial charge in [0.25, 0.3) is 0 Å². The van der Waals surface area contributed by atoms with Crippen molar-refractivity contribution in [1.82, 2.24) is 0 Å². The van der Waals surface area contributed by atoms with Gasteiger partial charge in [-0.2, -0.15) is 0 Å². The Bertz CT molecular complexity index is 320. The molecule has 2 aliphatic rings. The van der Waals surface area contributed by atoms with Crippen LogP contribution < -0.4 is 11.5 Å². The van der Waals surface area contributed by atoms with Crippen molar-refractivity contribution in [1.29, 1.82) is 0 Å². The highest BCUT2D eigenvalue weighted by Gasteiger charge is 2.35. The molecule has 2 saturated carbocycles. The molecular weight excluding hydrogens is 257 g/mol. The van der Waals surface area contributed by atoms with Crippen LogP contribution in [-0.2, 0) is 4.74 Å². The Balaban J connectivity index is 1.73. The second-order valence-corrected chi connectivity index (χ2v) is 6.31. The van der Waals surface area contributed by atoms with E-state index in [-0.39, 0.29) is 12.6 Å². The van der Waals surface area contributed by atoms with Gasteiger partial charge in [0, 0.05) is 13.2 Å². The molecule has 5 heteroatoms. The highest BCUT2D eigenvalue weighted by Crippen LogP contribution is 2.43. The van der Waals surface area contributed by atoms with Crippen LogP contribution in [0.2, 0.25) is 0 Å². The molecule has 0 aromatic rings. The molecule has 0 aromatic heterocycles. The molecule has 4 unspecified atom stereocenters. The zero-order valence-electron chi connectivity index (χ0n) is 12.3. The Hall–Kier alpha value is -0.840. The van der Waals surface area contributed by atoms with Crippen LogP contribution >= 0.6 is 0 Å². The zero-order valence-corrected chi connectivity index (χ0v) is 12.3. The summed E-state index contributed by atoms with van der Waals surface area (Å²) in [5.74, 6) is 2.44. The van der Waals surface area contributed by atoms with Crippen LogP contribution in [-0.4, -0.2) is 31.9 Å². The first kappa shape index (κ1) is 15.5. The van der Waals surface area contributed by atoms with Crippen molar-refractivity contribution in [2.24, 2.45) is 34.2 Å². The molecule has 0 spiro atoms. The van der Waals surface area contributed by atoms with Crippen molar-refractivity contribution in [3.63, 3.8) is 0 Å². The van der Waals surface area contributed by atoms with Gasteiger partial charge >= 0.3 is 0 Å². The molecule has 2 aliphatic carbocycles. The van der Waals surface area contributed by atoms with Crippen LogP contribution in [0.25, 0.3) is 0 Å². The minimum absolute atomic E-state index is 0.206. The number of ether oxygens (including phenoxy) is 1. The number of guanidine groups is 1. The third-order valence-electron chi connectivity index (χ3n) is 4.84. The number of hydrogen-bond donors (Lipinski definition) is 2. The molecule has 0 bridgehead atoms. The highest BCUT2D eigenvalue weighted by atomic mass is 19.1. The summed E-state index contributed by atoms with van der Waals surface area (Å²) in [6.45, 7) is 1.08. The van der Waals surface area contributed by atoms with E-state index in [1.807, 2.05) is 0 Å². The summed E-state index contributed by atoms with van der Waals surface area (Å²) in [7, 11) is 0. The van der Waals surface area contributed by atoms with Gasteiger partial charge in [0.05, 0.1) is 12.8 Å². The van der Waals surface area contributed by atoms with Crippen LogP contribution in [0, 0.1) is 17.8 Å². The average molecular weight is 285 g/mol. The quantitative estimate of drug-likeness (QED) is 0.446. The first-order valence-electron chi connectivity index (χ1n) is 7.92. The molecule has 0 heterocycles. The van der Waals surface area contributed by atoms with Gasteiger partial charge in [0.1, 0.15) is 0 Å². The Morgan fingerprint density at radius 2 is 1.85 bits per heavy atom. The van der Waals surface area contributed by atoms with Gasteiger partial charge in [-0.1, -0.05) is 0 Å². The summed E-state index contributed by atoms with van der Waals surface area (Å²) in [5, 5.41) is 0. The average Bonchev–Trinajstić information content (AvgIpc) is 2.45. The molecule has 116 valence electrons. The molecule has 0 aromatic carbocycles. The minimum atomic E-state index is -0.273. The van der Waals surface area contributed by atoms with Crippen molar-refractivity contribution in [2.75, 3.05) is 19.8 Å². The third kappa shape index (κ3) is 4.62. The van der Waals surface area contributed by atoms with Gasteiger partial charge in [-0.15, -0.1) is 0 Å². The summed E-state index contributed by atoms with van der Waals surface area (Å²) in [5.41, 5.74) is 10.8. The van der Waals surface area contributed by atoms with E-state index in [2.05, 4.69) is 4.99 Å². The molecule has 0 aliphatic heterocycles. The van der Waals surface area contributed by atoms with Crippen molar-refractivity contribution in [3.8, 4) is 0 Å². The van der Waals surface area contributed by atoms with Crippen molar-refractivity contribution < 1.29 is 9.13 Å². The normalized spacial score (nSPS) is 33.5. The smallest absolute Gasteiger partial charge is 0.185 e. The molecule has 4 atom stereocenters. The van der Waals surface area contributed by atoms with Crippen LogP contribution in [0.15, 0.2) is 4.99 Å². The number of fused-ring (bicyclic) bond motifs is 1. The van der Waals surface area contributed by atoms with Crippen LogP contribution in [0.1, 0.15) is 44.9 Å². The van der Waals surface area contributed by atoms with Gasteiger partial charge in [-0.25, -0.2) is 0 Å². The van der Waals surface area contributed by atoms with E-state index < -0.39 is 0 Å². The fourth-order valence-electron chi connectivity index (χ4n) is 3.80. The third-order valence-corrected chi connectivity index (χ3v) is 4.84. The molecular formula is C15H28FN3O. The van der Waals surface area contributed by atoms with Crippen LogP contribution in [0.4, 0.5) is 4.39 Å². The maximum Gasteiger partial charge on any atom is 0.185 e. The summed E-state index contributed by atoms with van der Waals surface area (Å²) >= 11 is 0. The number of rotatable bonds is 6. The fraction of sp³-hybridized carbons (Fsp3) is 0.933. The lowest BCUT2D eigenvalue weighted by Crippen LogP contribution is -2.35. The van der Waals surface area contributed by atoms with Crippen molar-refractivity contribution in [2.45, 2.75) is 51.0 Å². The Morgan fingerprint density at radius 3 is 2.60 bits per heavy atom. The van der Waals surface area contributed by atoms with E-state index in [0.717, 1.165) is 31.2 Å². The molecule has 4 nitrogen and oxygen atoms in total. The number of hydrogen-bond acceptors (Lipinski definition) is 2. The van der Waals surface area contributed by atoms with Crippen molar-refractivity contribution in [3.05, 3.63) is 0 Å². The van der Waals surface area contributed by atoms with Gasteiger partial charge in [-0.3, -0.25) is 9.38 Å². The maximum atomic E-state index is 12.1. The molecule has 4 N–H and O–H groups in total. The highest BCUT2D eigenvalue weighted by molar-refractivity contribution is 5.75. The fourth-order valence-corrected chi connectivity index (χ4v) is 3.80. The predicted octanol–water partition coefficient (Wildman–Crippen LogP) is 2.22. The van der Waals surface area contributed by atoms with Gasteiger partial charge in [0.2, 0.25) is 0 Å². The molecule has 0 radical (unpaired) electrons. The number of aliphatic imine (C=N–C) groups is 1. The Morgan fingerprint density at radius 1 is 1.10 bits per heavy atom. The first-order valence-corrected chi connectivity index (χ1v) is 7.92. The summed E-state index contributed by atoms with van der Waals surface area (Å²) < 4.78 is 17.9. The lowest BCUT2D eigenvalue weighted by molar-refractivity contribution is -0.0204. The molecule has 2 fully saturated rings.